The molecule has 0 bridgehead atoms. The average Bonchev–Trinajstić information content (AvgIpc) is 2.61. The monoisotopic (exact) mass is 361 g/mol. The van der Waals surface area contributed by atoms with Gasteiger partial charge in [-0.3, -0.25) is 9.88 Å². The highest BCUT2D eigenvalue weighted by molar-refractivity contribution is 7.89. The Bertz CT molecular complexity index is 843. The van der Waals surface area contributed by atoms with Gasteiger partial charge in [-0.2, -0.15) is 0 Å². The molecule has 0 saturated carbocycles. The highest BCUT2D eigenvalue weighted by Gasteiger charge is 2.23. The quantitative estimate of drug-likeness (QED) is 0.889. The molecule has 2 heterocycles. The van der Waals surface area contributed by atoms with Gasteiger partial charge in [0.05, 0.1) is 10.4 Å². The molecular formula is C19H27N3O2S. The van der Waals surface area contributed by atoms with Crippen LogP contribution in [0.4, 0.5) is 0 Å². The largest absolute Gasteiger partial charge is 0.299 e. The Morgan fingerprint density at radius 2 is 2.00 bits per heavy atom. The predicted molar refractivity (Wildman–Crippen MR) is 101 cm³/mol. The van der Waals surface area contributed by atoms with Crippen molar-refractivity contribution in [3.8, 4) is 0 Å². The van der Waals surface area contributed by atoms with E-state index in [-0.39, 0.29) is 6.04 Å². The molecule has 1 aliphatic rings. The molecule has 0 aliphatic carbocycles. The number of rotatable bonds is 5. The van der Waals surface area contributed by atoms with Crippen LogP contribution < -0.4 is 4.72 Å². The Labute approximate surface area is 150 Å². The van der Waals surface area contributed by atoms with Crippen LogP contribution in [0.15, 0.2) is 35.4 Å². The van der Waals surface area contributed by atoms with Crippen molar-refractivity contribution < 1.29 is 8.42 Å². The zero-order chi connectivity index (χ0) is 18.0. The second-order valence-corrected chi connectivity index (χ2v) is 8.93. The Morgan fingerprint density at radius 1 is 1.28 bits per heavy atom. The van der Waals surface area contributed by atoms with Gasteiger partial charge in [0.25, 0.3) is 0 Å². The lowest BCUT2D eigenvalue weighted by Gasteiger charge is -2.35. The minimum atomic E-state index is -3.56. The summed E-state index contributed by atoms with van der Waals surface area (Å²) in [5.74, 6) is 0.770. The van der Waals surface area contributed by atoms with Crippen LogP contribution in [0.25, 0.3) is 10.9 Å². The Balaban J connectivity index is 1.75. The molecule has 1 aliphatic heterocycles. The second kappa shape index (κ2) is 7.40. The van der Waals surface area contributed by atoms with E-state index in [4.69, 9.17) is 0 Å². The molecule has 3 rings (SSSR count). The van der Waals surface area contributed by atoms with E-state index in [1.54, 1.807) is 18.3 Å². The fourth-order valence-corrected chi connectivity index (χ4v) is 4.75. The number of piperidine rings is 1. The van der Waals surface area contributed by atoms with Gasteiger partial charge in [0.15, 0.2) is 0 Å². The van der Waals surface area contributed by atoms with Crippen LogP contribution in [0, 0.1) is 12.8 Å². The standard InChI is InChI=1S/C19H27N3O2S/c1-14-8-11-22(12-9-14)16(3)13-21-25(23,24)18-7-6-15(2)19-17(18)5-4-10-20-19/h4-7,10,14,16,21H,8-9,11-13H2,1-3H3. The number of hydrogen-bond donors (Lipinski definition) is 1. The van der Waals surface area contributed by atoms with Gasteiger partial charge in [-0.05, 0) is 69.5 Å². The zero-order valence-electron chi connectivity index (χ0n) is 15.2. The maximum Gasteiger partial charge on any atom is 0.241 e. The lowest BCUT2D eigenvalue weighted by molar-refractivity contribution is 0.148. The van der Waals surface area contributed by atoms with Crippen LogP contribution in [0.1, 0.15) is 32.3 Å². The number of likely N-dealkylation sites (tertiary alicyclic amines) is 1. The molecule has 0 radical (unpaired) electrons. The zero-order valence-corrected chi connectivity index (χ0v) is 16.0. The first kappa shape index (κ1) is 18.3. The average molecular weight is 362 g/mol. The van der Waals surface area contributed by atoms with Crippen molar-refractivity contribution in [3.63, 3.8) is 0 Å². The minimum absolute atomic E-state index is 0.192. The van der Waals surface area contributed by atoms with E-state index in [1.807, 2.05) is 19.1 Å². The third kappa shape index (κ3) is 4.02. The van der Waals surface area contributed by atoms with E-state index in [9.17, 15) is 8.42 Å². The normalized spacial score (nSPS) is 18.5. The third-order valence-corrected chi connectivity index (χ3v) is 6.71. The Hall–Kier alpha value is -1.50. The van der Waals surface area contributed by atoms with Gasteiger partial charge in [-0.15, -0.1) is 0 Å². The molecule has 1 saturated heterocycles. The van der Waals surface area contributed by atoms with Crippen LogP contribution >= 0.6 is 0 Å². The summed E-state index contributed by atoms with van der Waals surface area (Å²) in [6.07, 6.45) is 4.06. The summed E-state index contributed by atoms with van der Waals surface area (Å²) in [5, 5.41) is 0.675. The molecular weight excluding hydrogens is 334 g/mol. The fraction of sp³-hybridized carbons (Fsp3) is 0.526. The predicted octanol–water partition coefficient (Wildman–Crippen LogP) is 2.94. The Morgan fingerprint density at radius 3 is 2.72 bits per heavy atom. The molecule has 0 amide bonds. The number of nitrogens with one attached hydrogen (secondary N) is 1. The Kier molecular flexibility index (Phi) is 5.41. The van der Waals surface area contributed by atoms with E-state index >= 15 is 0 Å². The number of fused-ring (bicyclic) bond motifs is 1. The van der Waals surface area contributed by atoms with Gasteiger partial charge in [-0.1, -0.05) is 13.0 Å². The van der Waals surface area contributed by atoms with Gasteiger partial charge >= 0.3 is 0 Å². The number of nitrogens with zero attached hydrogens (tertiary/aromatic N) is 2. The maximum atomic E-state index is 12.8. The maximum absolute atomic E-state index is 12.8. The van der Waals surface area contributed by atoms with Crippen molar-refractivity contribution in [2.24, 2.45) is 5.92 Å². The molecule has 2 aromatic rings. The number of aryl methyl sites for hydroxylation is 1. The fourth-order valence-electron chi connectivity index (χ4n) is 3.43. The molecule has 1 fully saturated rings. The smallest absolute Gasteiger partial charge is 0.241 e. The number of pyridine rings is 1. The molecule has 1 N–H and O–H groups in total. The van der Waals surface area contributed by atoms with Crippen molar-refractivity contribution in [3.05, 3.63) is 36.0 Å². The van der Waals surface area contributed by atoms with Crippen LogP contribution in [-0.4, -0.2) is 44.0 Å². The van der Waals surface area contributed by atoms with E-state index in [1.165, 1.54) is 12.8 Å². The molecule has 1 atom stereocenters. The van der Waals surface area contributed by atoms with Crippen molar-refractivity contribution >= 4 is 20.9 Å². The van der Waals surface area contributed by atoms with Crippen molar-refractivity contribution in [1.29, 1.82) is 0 Å². The molecule has 25 heavy (non-hydrogen) atoms. The van der Waals surface area contributed by atoms with Gasteiger partial charge in [-0.25, -0.2) is 13.1 Å². The van der Waals surface area contributed by atoms with Crippen LogP contribution in [0.5, 0.6) is 0 Å². The summed E-state index contributed by atoms with van der Waals surface area (Å²) in [4.78, 5) is 7.01. The number of aromatic nitrogens is 1. The minimum Gasteiger partial charge on any atom is -0.299 e. The molecule has 1 aromatic heterocycles. The molecule has 1 aromatic carbocycles. The molecule has 6 heteroatoms. The third-order valence-electron chi connectivity index (χ3n) is 5.23. The number of benzene rings is 1. The first-order chi connectivity index (χ1) is 11.9. The highest BCUT2D eigenvalue weighted by atomic mass is 32.2. The first-order valence-corrected chi connectivity index (χ1v) is 10.4. The lowest BCUT2D eigenvalue weighted by atomic mass is 9.98. The van der Waals surface area contributed by atoms with E-state index in [0.717, 1.165) is 30.1 Å². The van der Waals surface area contributed by atoms with Crippen LogP contribution in [-0.2, 0) is 10.0 Å². The topological polar surface area (TPSA) is 62.3 Å². The van der Waals surface area contributed by atoms with Gasteiger partial charge < -0.3 is 0 Å². The summed E-state index contributed by atoms with van der Waals surface area (Å²) in [6, 6.07) is 7.28. The summed E-state index contributed by atoms with van der Waals surface area (Å²) in [5.41, 5.74) is 1.72. The number of sulfonamides is 1. The molecule has 136 valence electrons. The summed E-state index contributed by atoms with van der Waals surface area (Å²) < 4.78 is 28.5. The van der Waals surface area contributed by atoms with Crippen molar-refractivity contribution in [1.82, 2.24) is 14.6 Å². The molecule has 5 nitrogen and oxygen atoms in total. The first-order valence-electron chi connectivity index (χ1n) is 8.96. The van der Waals surface area contributed by atoms with Crippen molar-refractivity contribution in [2.75, 3.05) is 19.6 Å². The molecule has 0 spiro atoms. The SMILES string of the molecule is Cc1ccc(S(=O)(=O)NCC(C)N2CCC(C)CC2)c2cccnc12. The lowest BCUT2D eigenvalue weighted by Crippen LogP contribution is -2.45. The van der Waals surface area contributed by atoms with Crippen LogP contribution in [0.3, 0.4) is 0 Å². The summed E-state index contributed by atoms with van der Waals surface area (Å²) >= 11 is 0. The van der Waals surface area contributed by atoms with Gasteiger partial charge in [0.1, 0.15) is 0 Å². The van der Waals surface area contributed by atoms with Gasteiger partial charge in [0, 0.05) is 24.2 Å². The van der Waals surface area contributed by atoms with E-state index in [2.05, 4.69) is 28.5 Å². The van der Waals surface area contributed by atoms with E-state index in [0.29, 0.717) is 16.8 Å². The second-order valence-electron chi connectivity index (χ2n) is 7.20. The summed E-state index contributed by atoms with van der Waals surface area (Å²) in [6.45, 7) is 8.82. The van der Waals surface area contributed by atoms with Gasteiger partial charge in [0.2, 0.25) is 10.0 Å². The summed E-state index contributed by atoms with van der Waals surface area (Å²) in [7, 11) is -3.56. The van der Waals surface area contributed by atoms with E-state index < -0.39 is 10.0 Å². The molecule has 1 unspecified atom stereocenters. The number of hydrogen-bond acceptors (Lipinski definition) is 4. The van der Waals surface area contributed by atoms with Crippen LogP contribution in [0.2, 0.25) is 0 Å². The van der Waals surface area contributed by atoms with Crippen molar-refractivity contribution in [2.45, 2.75) is 44.6 Å². The highest BCUT2D eigenvalue weighted by Crippen LogP contribution is 2.24.